The molecule has 1 aromatic carbocycles. The van der Waals surface area contributed by atoms with Gasteiger partial charge in [-0.1, -0.05) is 6.07 Å². The highest BCUT2D eigenvalue weighted by Crippen LogP contribution is 2.30. The first kappa shape index (κ1) is 16.3. The molecule has 0 saturated heterocycles. The second kappa shape index (κ2) is 6.60. The molecule has 3 aromatic rings. The van der Waals surface area contributed by atoms with Gasteiger partial charge in [0.2, 0.25) is 5.91 Å². The highest BCUT2D eigenvalue weighted by atomic mass is 32.2. The summed E-state index contributed by atoms with van der Waals surface area (Å²) >= 11 is 1.51. The highest BCUT2D eigenvalue weighted by molar-refractivity contribution is 7.97. The summed E-state index contributed by atoms with van der Waals surface area (Å²) in [6.45, 7) is 2.58. The molecule has 26 heavy (non-hydrogen) atoms. The van der Waals surface area contributed by atoms with Crippen LogP contribution in [0.1, 0.15) is 21.9 Å². The molecule has 4 N–H and O–H groups in total. The Hall–Kier alpha value is -3.20. The lowest BCUT2D eigenvalue weighted by Crippen LogP contribution is -2.23. The van der Waals surface area contributed by atoms with E-state index in [1.807, 2.05) is 46.4 Å². The number of nitrogens with zero attached hydrogens (tertiary/aromatic N) is 4. The van der Waals surface area contributed by atoms with Gasteiger partial charge in [-0.2, -0.15) is 5.10 Å². The van der Waals surface area contributed by atoms with Gasteiger partial charge in [0.1, 0.15) is 11.6 Å². The molecule has 0 bridgehead atoms. The van der Waals surface area contributed by atoms with Gasteiger partial charge in [0.25, 0.3) is 0 Å². The molecule has 1 aliphatic heterocycles. The zero-order chi connectivity index (χ0) is 18.1. The molecule has 0 atom stereocenters. The van der Waals surface area contributed by atoms with Crippen LogP contribution >= 0.6 is 11.9 Å². The van der Waals surface area contributed by atoms with Crippen molar-refractivity contribution < 1.29 is 4.79 Å². The predicted octanol–water partition coefficient (Wildman–Crippen LogP) is 2.40. The summed E-state index contributed by atoms with van der Waals surface area (Å²) in [5.41, 5.74) is 6.83. The van der Waals surface area contributed by atoms with Crippen molar-refractivity contribution in [2.45, 2.75) is 18.4 Å². The van der Waals surface area contributed by atoms with Gasteiger partial charge in [0.15, 0.2) is 5.82 Å². The van der Waals surface area contributed by atoms with Crippen LogP contribution in [-0.2, 0) is 6.54 Å². The van der Waals surface area contributed by atoms with E-state index >= 15 is 0 Å². The lowest BCUT2D eigenvalue weighted by Gasteiger charge is -2.26. The third kappa shape index (κ3) is 3.29. The quantitative estimate of drug-likeness (QED) is 0.598. The second-order valence-electron chi connectivity index (χ2n) is 5.85. The number of aryl methyl sites for hydroxylation is 1. The molecular weight excluding hydrogens is 350 g/mol. The van der Waals surface area contributed by atoms with Gasteiger partial charge in [0.05, 0.1) is 12.7 Å². The smallest absolute Gasteiger partial charge is 0.248 e. The van der Waals surface area contributed by atoms with Crippen molar-refractivity contribution in [3.63, 3.8) is 0 Å². The standard InChI is InChI=1S/C17H17N7OS/c1-11-7-14(22-21-11)20-16-10-23(9-15-19-5-6-24(15)16)26-13-4-2-3-12(8-13)17(18)25/h2-8,10H,9H2,1H3,(H2,18,25)(H2,20,21,22). The lowest BCUT2D eigenvalue weighted by atomic mass is 10.2. The number of H-pyrrole nitrogens is 1. The molecule has 2 aromatic heterocycles. The Morgan fingerprint density at radius 1 is 1.38 bits per heavy atom. The zero-order valence-corrected chi connectivity index (χ0v) is 14.8. The first-order valence-electron chi connectivity index (χ1n) is 7.96. The number of primary amides is 1. The van der Waals surface area contributed by atoms with E-state index in [0.717, 1.165) is 28.1 Å². The van der Waals surface area contributed by atoms with Crippen molar-refractivity contribution in [1.82, 2.24) is 24.1 Å². The molecule has 132 valence electrons. The molecule has 0 unspecified atom stereocenters. The number of hydrogen-bond donors (Lipinski definition) is 3. The molecule has 8 nitrogen and oxygen atoms in total. The maximum atomic E-state index is 11.4. The van der Waals surface area contributed by atoms with Crippen LogP contribution in [-0.4, -0.2) is 30.0 Å². The Morgan fingerprint density at radius 3 is 3.04 bits per heavy atom. The SMILES string of the molecule is Cc1cc(NC2=CN(Sc3cccc(C(N)=O)c3)Cc3nccn32)n[nH]1. The van der Waals surface area contributed by atoms with Gasteiger partial charge >= 0.3 is 0 Å². The number of benzene rings is 1. The van der Waals surface area contributed by atoms with Crippen molar-refractivity contribution in [2.75, 3.05) is 5.32 Å². The number of rotatable bonds is 5. The fourth-order valence-corrected chi connectivity index (χ4v) is 3.58. The van der Waals surface area contributed by atoms with Crippen molar-refractivity contribution in [2.24, 2.45) is 5.73 Å². The van der Waals surface area contributed by atoms with Crippen LogP contribution in [0.5, 0.6) is 0 Å². The number of amides is 1. The molecule has 0 aliphatic carbocycles. The molecule has 0 fully saturated rings. The zero-order valence-electron chi connectivity index (χ0n) is 14.0. The fourth-order valence-electron chi connectivity index (χ4n) is 2.66. The molecule has 0 radical (unpaired) electrons. The van der Waals surface area contributed by atoms with Crippen molar-refractivity contribution in [3.8, 4) is 0 Å². The molecular formula is C17H17N7OS. The molecule has 9 heteroatoms. The van der Waals surface area contributed by atoms with Crippen LogP contribution in [0.4, 0.5) is 5.82 Å². The first-order valence-corrected chi connectivity index (χ1v) is 8.74. The Bertz CT molecular complexity index is 990. The lowest BCUT2D eigenvalue weighted by molar-refractivity contribution is 0.1000. The first-order chi connectivity index (χ1) is 12.6. The summed E-state index contributed by atoms with van der Waals surface area (Å²) in [5, 5.41) is 10.4. The van der Waals surface area contributed by atoms with Crippen molar-refractivity contribution in [1.29, 1.82) is 0 Å². The van der Waals surface area contributed by atoms with Crippen molar-refractivity contribution in [3.05, 3.63) is 66.0 Å². The van der Waals surface area contributed by atoms with Gasteiger partial charge < -0.3 is 15.4 Å². The number of fused-ring (bicyclic) bond motifs is 1. The van der Waals surface area contributed by atoms with E-state index in [9.17, 15) is 4.79 Å². The normalized spacial score (nSPS) is 13.3. The summed E-state index contributed by atoms with van der Waals surface area (Å²) in [4.78, 5) is 16.7. The minimum absolute atomic E-state index is 0.437. The van der Waals surface area contributed by atoms with E-state index < -0.39 is 5.91 Å². The Morgan fingerprint density at radius 2 is 2.27 bits per heavy atom. The maximum absolute atomic E-state index is 11.4. The third-order valence-electron chi connectivity index (χ3n) is 3.84. The molecule has 1 amide bonds. The number of aromatic amines is 1. The Kier molecular flexibility index (Phi) is 4.13. The van der Waals surface area contributed by atoms with E-state index in [2.05, 4.69) is 20.5 Å². The van der Waals surface area contributed by atoms with Crippen molar-refractivity contribution >= 4 is 29.5 Å². The van der Waals surface area contributed by atoms with E-state index in [1.54, 1.807) is 18.3 Å². The third-order valence-corrected chi connectivity index (χ3v) is 4.78. The summed E-state index contributed by atoms with van der Waals surface area (Å²) in [7, 11) is 0. The number of aromatic nitrogens is 4. The van der Waals surface area contributed by atoms with Gasteiger partial charge in [-0.05, 0) is 37.1 Å². The van der Waals surface area contributed by atoms with E-state index in [1.165, 1.54) is 11.9 Å². The van der Waals surface area contributed by atoms with Crippen LogP contribution in [0.2, 0.25) is 0 Å². The fraction of sp³-hybridized carbons (Fsp3) is 0.118. The number of imidazole rings is 1. The molecule has 0 spiro atoms. The van der Waals surface area contributed by atoms with E-state index in [-0.39, 0.29) is 0 Å². The molecule has 0 saturated carbocycles. The molecule has 1 aliphatic rings. The summed E-state index contributed by atoms with van der Waals surface area (Å²) in [6, 6.07) is 9.18. The van der Waals surface area contributed by atoms with Gasteiger partial charge in [0, 0.05) is 34.6 Å². The van der Waals surface area contributed by atoms with Crippen LogP contribution < -0.4 is 11.1 Å². The molecule has 3 heterocycles. The maximum Gasteiger partial charge on any atom is 0.248 e. The number of hydrogen-bond acceptors (Lipinski definition) is 6. The predicted molar refractivity (Wildman–Crippen MR) is 99.8 cm³/mol. The van der Waals surface area contributed by atoms with Gasteiger partial charge in [-0.25, -0.2) is 4.98 Å². The summed E-state index contributed by atoms with van der Waals surface area (Å²) in [6.07, 6.45) is 5.66. The number of carbonyl (C=O) groups is 1. The number of nitrogens with two attached hydrogens (primary N) is 1. The summed E-state index contributed by atoms with van der Waals surface area (Å²) in [5.74, 6) is 2.04. The average Bonchev–Trinajstić information content (AvgIpc) is 3.24. The Balaban J connectivity index is 1.59. The molecule has 4 rings (SSSR count). The number of nitrogens with one attached hydrogen (secondary N) is 2. The minimum atomic E-state index is -0.437. The number of carbonyl (C=O) groups excluding carboxylic acids is 1. The topological polar surface area (TPSA) is 105 Å². The van der Waals surface area contributed by atoms with Crippen LogP contribution in [0.3, 0.4) is 0 Å². The van der Waals surface area contributed by atoms with E-state index in [0.29, 0.717) is 12.1 Å². The largest absolute Gasteiger partial charge is 0.366 e. The van der Waals surface area contributed by atoms with Crippen LogP contribution in [0, 0.1) is 6.92 Å². The van der Waals surface area contributed by atoms with Gasteiger partial charge in [-0.3, -0.25) is 14.5 Å². The average molecular weight is 367 g/mol. The minimum Gasteiger partial charge on any atom is -0.366 e. The number of anilines is 1. The second-order valence-corrected chi connectivity index (χ2v) is 6.97. The van der Waals surface area contributed by atoms with Crippen LogP contribution in [0.25, 0.3) is 5.82 Å². The van der Waals surface area contributed by atoms with Crippen LogP contribution in [0.15, 0.2) is 53.8 Å². The Labute approximate surface area is 154 Å². The van der Waals surface area contributed by atoms with E-state index in [4.69, 9.17) is 5.73 Å². The highest BCUT2D eigenvalue weighted by Gasteiger charge is 2.19. The van der Waals surface area contributed by atoms with Gasteiger partial charge in [-0.15, -0.1) is 0 Å². The summed E-state index contributed by atoms with van der Waals surface area (Å²) < 4.78 is 4.03. The monoisotopic (exact) mass is 367 g/mol.